The first kappa shape index (κ1) is 16.1. The molecule has 25 heavy (non-hydrogen) atoms. The van der Waals surface area contributed by atoms with Gasteiger partial charge in [-0.3, -0.25) is 4.68 Å². The van der Waals surface area contributed by atoms with Gasteiger partial charge in [0.05, 0.1) is 11.7 Å². The third-order valence-corrected chi connectivity index (χ3v) is 4.65. The molecule has 1 aliphatic rings. The summed E-state index contributed by atoms with van der Waals surface area (Å²) in [5.41, 5.74) is 3.23. The smallest absolute Gasteiger partial charge is 0.117 e. The van der Waals surface area contributed by atoms with Crippen LogP contribution in [0.25, 0.3) is 22.5 Å². The minimum absolute atomic E-state index is 0.118. The lowest BCUT2D eigenvalue weighted by atomic mass is 10.1. The Bertz CT molecular complexity index is 854. The van der Waals surface area contributed by atoms with Gasteiger partial charge in [-0.25, -0.2) is 9.97 Å². The van der Waals surface area contributed by atoms with Crippen molar-refractivity contribution in [2.75, 3.05) is 13.1 Å². The highest BCUT2D eigenvalue weighted by molar-refractivity contribution is 6.31. The average Bonchev–Trinajstić information content (AvgIpc) is 3.08. The predicted octanol–water partition coefficient (Wildman–Crippen LogP) is 3.29. The van der Waals surface area contributed by atoms with Gasteiger partial charge < -0.3 is 10.4 Å². The summed E-state index contributed by atoms with van der Waals surface area (Å²) in [6.07, 6.45) is 7.34. The van der Waals surface area contributed by atoms with Gasteiger partial charge in [-0.05, 0) is 50.2 Å². The van der Waals surface area contributed by atoms with E-state index in [1.54, 1.807) is 18.3 Å². The normalized spacial score (nSPS) is 15.4. The predicted molar refractivity (Wildman–Crippen MR) is 96.5 cm³/mol. The summed E-state index contributed by atoms with van der Waals surface area (Å²) in [5, 5.41) is 18.6. The summed E-state index contributed by atoms with van der Waals surface area (Å²) >= 11 is 6.13. The van der Waals surface area contributed by atoms with Gasteiger partial charge in [0, 0.05) is 28.5 Å². The van der Waals surface area contributed by atoms with Crippen LogP contribution in [0.5, 0.6) is 5.75 Å². The van der Waals surface area contributed by atoms with Gasteiger partial charge in [0.1, 0.15) is 17.8 Å². The molecule has 3 heterocycles. The molecule has 2 N–H and O–H groups in total. The number of phenols is 1. The molecule has 0 unspecified atom stereocenters. The van der Waals surface area contributed by atoms with Crippen LogP contribution in [0.3, 0.4) is 0 Å². The number of halogens is 1. The van der Waals surface area contributed by atoms with Crippen LogP contribution < -0.4 is 5.32 Å². The Balaban J connectivity index is 1.84. The van der Waals surface area contributed by atoms with Crippen molar-refractivity contribution in [2.24, 2.45) is 0 Å². The standard InChI is InChI=1S/C18H18ClN5O/c19-13-7-12(8-15(25)9-13)18-16(17-3-6-21-11-22-17)10-24(23-18)14-1-4-20-5-2-14/h3,6-11,14,20,25H,1-2,4-5H2. The monoisotopic (exact) mass is 355 g/mol. The quantitative estimate of drug-likeness (QED) is 0.754. The SMILES string of the molecule is Oc1cc(Cl)cc(-c2nn(C3CCNCC3)cc2-c2ccncn2)c1. The second-order valence-corrected chi connectivity index (χ2v) is 6.58. The highest BCUT2D eigenvalue weighted by Crippen LogP contribution is 2.35. The minimum Gasteiger partial charge on any atom is -0.508 e. The average molecular weight is 356 g/mol. The molecule has 0 amide bonds. The van der Waals surface area contributed by atoms with E-state index in [4.69, 9.17) is 16.7 Å². The maximum Gasteiger partial charge on any atom is 0.117 e. The molecule has 4 rings (SSSR count). The van der Waals surface area contributed by atoms with Crippen molar-refractivity contribution in [2.45, 2.75) is 18.9 Å². The molecule has 0 saturated carbocycles. The van der Waals surface area contributed by atoms with E-state index >= 15 is 0 Å². The number of piperidine rings is 1. The van der Waals surface area contributed by atoms with Crippen LogP contribution in [0.1, 0.15) is 18.9 Å². The van der Waals surface area contributed by atoms with Crippen LogP contribution in [-0.4, -0.2) is 37.9 Å². The number of benzene rings is 1. The largest absolute Gasteiger partial charge is 0.508 e. The lowest BCUT2D eigenvalue weighted by Crippen LogP contribution is -2.29. The lowest BCUT2D eigenvalue weighted by Gasteiger charge is -2.22. The van der Waals surface area contributed by atoms with Gasteiger partial charge in [0.15, 0.2) is 0 Å². The Morgan fingerprint density at radius 2 is 2.04 bits per heavy atom. The van der Waals surface area contributed by atoms with Crippen molar-refractivity contribution >= 4 is 11.6 Å². The van der Waals surface area contributed by atoms with Crippen LogP contribution in [0.2, 0.25) is 5.02 Å². The van der Waals surface area contributed by atoms with Crippen LogP contribution in [0, 0.1) is 0 Å². The zero-order valence-electron chi connectivity index (χ0n) is 13.6. The van der Waals surface area contributed by atoms with Crippen LogP contribution in [0.4, 0.5) is 0 Å². The third kappa shape index (κ3) is 3.36. The molecular weight excluding hydrogens is 338 g/mol. The van der Waals surface area contributed by atoms with Crippen molar-refractivity contribution in [1.29, 1.82) is 0 Å². The fraction of sp³-hybridized carbons (Fsp3) is 0.278. The first-order chi connectivity index (χ1) is 12.2. The van der Waals surface area contributed by atoms with Crippen LogP contribution >= 0.6 is 11.6 Å². The summed E-state index contributed by atoms with van der Waals surface area (Å²) < 4.78 is 2.02. The molecule has 1 aromatic carbocycles. The summed E-state index contributed by atoms with van der Waals surface area (Å²) in [5.74, 6) is 0.118. The van der Waals surface area contributed by atoms with E-state index in [0.29, 0.717) is 11.1 Å². The second-order valence-electron chi connectivity index (χ2n) is 6.15. The van der Waals surface area contributed by atoms with E-state index in [0.717, 1.165) is 48.4 Å². The van der Waals surface area contributed by atoms with Gasteiger partial charge in [-0.15, -0.1) is 0 Å². The van der Waals surface area contributed by atoms with Gasteiger partial charge in [-0.2, -0.15) is 5.10 Å². The van der Waals surface area contributed by atoms with Crippen molar-refractivity contribution in [1.82, 2.24) is 25.1 Å². The summed E-state index contributed by atoms with van der Waals surface area (Å²) in [6, 6.07) is 7.20. The highest BCUT2D eigenvalue weighted by atomic mass is 35.5. The molecule has 0 bridgehead atoms. The molecule has 1 fully saturated rings. The molecule has 128 valence electrons. The van der Waals surface area contributed by atoms with Gasteiger partial charge >= 0.3 is 0 Å². The lowest BCUT2D eigenvalue weighted by molar-refractivity contribution is 0.344. The maximum atomic E-state index is 9.92. The van der Waals surface area contributed by atoms with E-state index in [1.807, 2.05) is 16.9 Å². The first-order valence-electron chi connectivity index (χ1n) is 8.27. The number of aromatic nitrogens is 4. The van der Waals surface area contributed by atoms with Gasteiger partial charge in [0.2, 0.25) is 0 Å². The zero-order valence-corrected chi connectivity index (χ0v) is 14.3. The number of hydrogen-bond acceptors (Lipinski definition) is 5. The summed E-state index contributed by atoms with van der Waals surface area (Å²) in [6.45, 7) is 1.97. The topological polar surface area (TPSA) is 75.9 Å². The minimum atomic E-state index is 0.118. The Morgan fingerprint density at radius 1 is 1.20 bits per heavy atom. The van der Waals surface area contributed by atoms with Crippen molar-refractivity contribution < 1.29 is 5.11 Å². The Hall–Kier alpha value is -2.44. The first-order valence-corrected chi connectivity index (χ1v) is 8.65. The Labute approximate surface area is 150 Å². The Morgan fingerprint density at radius 3 is 2.76 bits per heavy atom. The molecule has 1 aliphatic heterocycles. The number of aromatic hydroxyl groups is 1. The highest BCUT2D eigenvalue weighted by Gasteiger charge is 2.21. The number of rotatable bonds is 3. The van der Waals surface area contributed by atoms with Crippen LogP contribution in [-0.2, 0) is 0 Å². The Kier molecular flexibility index (Phi) is 4.38. The summed E-state index contributed by atoms with van der Waals surface area (Å²) in [4.78, 5) is 8.36. The fourth-order valence-electron chi connectivity index (χ4n) is 3.21. The molecule has 2 aromatic heterocycles. The molecule has 0 aliphatic carbocycles. The zero-order chi connectivity index (χ0) is 17.2. The number of phenolic OH excluding ortho intramolecular Hbond substituents is 1. The molecule has 3 aromatic rings. The van der Waals surface area contributed by atoms with Gasteiger partial charge in [0.25, 0.3) is 0 Å². The molecule has 1 saturated heterocycles. The number of nitrogens with one attached hydrogen (secondary N) is 1. The maximum absolute atomic E-state index is 9.92. The molecule has 6 nitrogen and oxygen atoms in total. The molecule has 0 spiro atoms. The van der Waals surface area contributed by atoms with E-state index in [1.165, 1.54) is 12.4 Å². The van der Waals surface area contributed by atoms with E-state index in [9.17, 15) is 5.11 Å². The van der Waals surface area contributed by atoms with E-state index in [2.05, 4.69) is 15.3 Å². The van der Waals surface area contributed by atoms with E-state index < -0.39 is 0 Å². The summed E-state index contributed by atoms with van der Waals surface area (Å²) in [7, 11) is 0. The van der Waals surface area contributed by atoms with Crippen molar-refractivity contribution in [3.05, 3.63) is 48.0 Å². The van der Waals surface area contributed by atoms with Crippen molar-refractivity contribution in [3.63, 3.8) is 0 Å². The van der Waals surface area contributed by atoms with Gasteiger partial charge in [-0.1, -0.05) is 11.6 Å². The third-order valence-electron chi connectivity index (χ3n) is 4.43. The molecule has 0 atom stereocenters. The molecule has 0 radical (unpaired) electrons. The van der Waals surface area contributed by atoms with Crippen molar-refractivity contribution in [3.8, 4) is 28.3 Å². The second kappa shape index (κ2) is 6.82. The number of nitrogens with zero attached hydrogens (tertiary/aromatic N) is 4. The molecule has 7 heteroatoms. The molecular formula is C18H18ClN5O. The fourth-order valence-corrected chi connectivity index (χ4v) is 3.44. The van der Waals surface area contributed by atoms with Crippen LogP contribution in [0.15, 0.2) is 43.0 Å². The van der Waals surface area contributed by atoms with E-state index in [-0.39, 0.29) is 5.75 Å². The number of hydrogen-bond donors (Lipinski definition) is 2.